The molecule has 0 spiro atoms. The molecule has 1 heterocycles. The van der Waals surface area contributed by atoms with Gasteiger partial charge in [0, 0.05) is 6.42 Å². The Morgan fingerprint density at radius 1 is 1.33 bits per heavy atom. The van der Waals surface area contributed by atoms with Gasteiger partial charge in [-0.2, -0.15) is 0 Å². The molecule has 1 aliphatic heterocycles. The zero-order valence-corrected chi connectivity index (χ0v) is 11.7. The average Bonchev–Trinajstić information content (AvgIpc) is 2.88. The lowest BCUT2D eigenvalue weighted by Gasteiger charge is -2.08. The summed E-state index contributed by atoms with van der Waals surface area (Å²) in [5.74, 6) is 0.563. The fraction of sp³-hybridized carbons (Fsp3) is 0.188. The van der Waals surface area contributed by atoms with E-state index in [1.165, 1.54) is 0 Å². The van der Waals surface area contributed by atoms with Gasteiger partial charge < -0.3 is 14.4 Å². The highest BCUT2D eigenvalue weighted by Gasteiger charge is 2.27. The number of fused-ring (bicyclic) bond motifs is 1. The number of ketones is 1. The Bertz CT molecular complexity index is 684. The second kappa shape index (κ2) is 5.72. The molecule has 1 N–H and O–H groups in total. The number of Topliss-reactive ketones (excluding diaryl/α,β-unsaturated/α-hetero) is 1. The van der Waals surface area contributed by atoms with Crippen molar-refractivity contribution in [3.05, 3.63) is 59.2 Å². The summed E-state index contributed by atoms with van der Waals surface area (Å²) in [5.41, 5.74) is 3.14. The topological polar surface area (TPSA) is 55.8 Å². The lowest BCUT2D eigenvalue weighted by atomic mass is 9.78. The van der Waals surface area contributed by atoms with Gasteiger partial charge in [0.15, 0.2) is 5.78 Å². The van der Waals surface area contributed by atoms with Crippen LogP contribution in [0, 0.1) is 0 Å². The molecule has 0 fully saturated rings. The normalized spacial score (nSPS) is 13.1. The lowest BCUT2D eigenvalue weighted by molar-refractivity contribution is 0.0990. The van der Waals surface area contributed by atoms with E-state index in [1.807, 2.05) is 30.3 Å². The highest BCUT2D eigenvalue weighted by atomic mass is 16.5. The number of methoxy groups -OCH3 is 1. The summed E-state index contributed by atoms with van der Waals surface area (Å²) >= 11 is 0. The van der Waals surface area contributed by atoms with Crippen molar-refractivity contribution in [1.82, 2.24) is 0 Å². The molecule has 4 nitrogen and oxygen atoms in total. The number of hydrogen-bond acceptors (Lipinski definition) is 4. The minimum absolute atomic E-state index is 0.0131. The van der Waals surface area contributed by atoms with Crippen molar-refractivity contribution >= 4 is 18.4 Å². The van der Waals surface area contributed by atoms with Gasteiger partial charge in [-0.25, -0.2) is 0 Å². The SMILES string of the molecule is COc1ccccc1C(=O)Cc1ccc2c(c1)B(O)OC2. The molecule has 2 aromatic carbocycles. The summed E-state index contributed by atoms with van der Waals surface area (Å²) in [6, 6.07) is 12.8. The van der Waals surface area contributed by atoms with Gasteiger partial charge in [0.25, 0.3) is 0 Å². The van der Waals surface area contributed by atoms with Crippen molar-refractivity contribution < 1.29 is 19.2 Å². The van der Waals surface area contributed by atoms with Crippen LogP contribution in [0.15, 0.2) is 42.5 Å². The Labute approximate surface area is 123 Å². The molecule has 106 valence electrons. The first-order valence-electron chi connectivity index (χ1n) is 6.76. The number of rotatable bonds is 4. The fourth-order valence-electron chi connectivity index (χ4n) is 2.53. The monoisotopic (exact) mass is 282 g/mol. The van der Waals surface area contributed by atoms with Gasteiger partial charge in [-0.15, -0.1) is 0 Å². The highest BCUT2D eigenvalue weighted by molar-refractivity contribution is 6.61. The maximum Gasteiger partial charge on any atom is 0.491 e. The molecule has 1 aliphatic rings. The van der Waals surface area contributed by atoms with Crippen LogP contribution in [-0.4, -0.2) is 25.0 Å². The zero-order chi connectivity index (χ0) is 14.8. The predicted octanol–water partition coefficient (Wildman–Crippen LogP) is 1.34. The molecule has 0 saturated carbocycles. The minimum atomic E-state index is -0.888. The lowest BCUT2D eigenvalue weighted by Crippen LogP contribution is -2.28. The highest BCUT2D eigenvalue weighted by Crippen LogP contribution is 2.20. The summed E-state index contributed by atoms with van der Waals surface area (Å²) in [5, 5.41) is 9.71. The van der Waals surface area contributed by atoms with Crippen LogP contribution in [0.3, 0.4) is 0 Å². The average molecular weight is 282 g/mol. The first-order valence-corrected chi connectivity index (χ1v) is 6.76. The maximum absolute atomic E-state index is 12.4. The Morgan fingerprint density at radius 2 is 2.14 bits per heavy atom. The zero-order valence-electron chi connectivity index (χ0n) is 11.7. The van der Waals surface area contributed by atoms with Crippen molar-refractivity contribution in [2.45, 2.75) is 13.0 Å². The van der Waals surface area contributed by atoms with E-state index in [9.17, 15) is 9.82 Å². The molecule has 0 radical (unpaired) electrons. The summed E-state index contributed by atoms with van der Waals surface area (Å²) < 4.78 is 10.4. The van der Waals surface area contributed by atoms with Gasteiger partial charge in [0.2, 0.25) is 0 Å². The molecule has 21 heavy (non-hydrogen) atoms. The minimum Gasteiger partial charge on any atom is -0.496 e. The largest absolute Gasteiger partial charge is 0.496 e. The Hall–Kier alpha value is -2.11. The molecule has 0 aliphatic carbocycles. The van der Waals surface area contributed by atoms with Crippen LogP contribution in [-0.2, 0) is 17.7 Å². The molecule has 3 rings (SSSR count). The Morgan fingerprint density at radius 3 is 2.95 bits per heavy atom. The van der Waals surface area contributed by atoms with Crippen LogP contribution in [0.2, 0.25) is 0 Å². The molecule has 0 aromatic heterocycles. The molecular formula is C16H15BO4. The van der Waals surface area contributed by atoms with Crippen molar-refractivity contribution in [3.63, 3.8) is 0 Å². The van der Waals surface area contributed by atoms with E-state index < -0.39 is 7.12 Å². The van der Waals surface area contributed by atoms with Crippen LogP contribution in [0.5, 0.6) is 5.75 Å². The summed E-state index contributed by atoms with van der Waals surface area (Å²) in [4.78, 5) is 12.4. The van der Waals surface area contributed by atoms with Gasteiger partial charge in [0.1, 0.15) is 5.75 Å². The van der Waals surface area contributed by atoms with Crippen molar-refractivity contribution in [3.8, 4) is 5.75 Å². The predicted molar refractivity (Wildman–Crippen MR) is 79.9 cm³/mol. The van der Waals surface area contributed by atoms with Gasteiger partial charge >= 0.3 is 7.12 Å². The molecular weight excluding hydrogens is 267 g/mol. The van der Waals surface area contributed by atoms with Crippen molar-refractivity contribution in [2.75, 3.05) is 7.11 Å². The summed E-state index contributed by atoms with van der Waals surface area (Å²) in [6.45, 7) is 0.414. The van der Waals surface area contributed by atoms with E-state index in [0.717, 1.165) is 16.6 Å². The molecule has 0 unspecified atom stereocenters. The van der Waals surface area contributed by atoms with E-state index in [2.05, 4.69) is 0 Å². The number of carbonyl (C=O) groups excluding carboxylic acids is 1. The third-order valence-corrected chi connectivity index (χ3v) is 3.65. The van der Waals surface area contributed by atoms with Gasteiger partial charge in [-0.3, -0.25) is 4.79 Å². The van der Waals surface area contributed by atoms with Crippen molar-refractivity contribution in [1.29, 1.82) is 0 Å². The Kier molecular flexibility index (Phi) is 3.77. The number of para-hydroxylation sites is 1. The van der Waals surface area contributed by atoms with Crippen molar-refractivity contribution in [2.24, 2.45) is 0 Å². The van der Waals surface area contributed by atoms with Crippen LogP contribution in [0.25, 0.3) is 0 Å². The van der Waals surface area contributed by atoms with Crippen LogP contribution in [0.1, 0.15) is 21.5 Å². The third kappa shape index (κ3) is 2.70. The quantitative estimate of drug-likeness (QED) is 0.679. The van der Waals surface area contributed by atoms with Crippen LogP contribution in [0.4, 0.5) is 0 Å². The number of ether oxygens (including phenoxy) is 1. The van der Waals surface area contributed by atoms with Gasteiger partial charge in [-0.1, -0.05) is 30.3 Å². The third-order valence-electron chi connectivity index (χ3n) is 3.65. The van der Waals surface area contributed by atoms with Crippen LogP contribution < -0.4 is 10.2 Å². The van der Waals surface area contributed by atoms with Gasteiger partial charge in [-0.05, 0) is 28.7 Å². The molecule has 0 atom stereocenters. The van der Waals surface area contributed by atoms with Crippen LogP contribution >= 0.6 is 0 Å². The molecule has 0 bridgehead atoms. The number of carbonyl (C=O) groups is 1. The second-order valence-electron chi connectivity index (χ2n) is 5.00. The first kappa shape index (κ1) is 13.9. The second-order valence-corrected chi connectivity index (χ2v) is 5.00. The van der Waals surface area contributed by atoms with E-state index >= 15 is 0 Å². The molecule has 0 saturated heterocycles. The van der Waals surface area contributed by atoms with E-state index in [1.54, 1.807) is 19.2 Å². The standard InChI is InChI=1S/C16H15BO4/c1-20-16-5-3-2-4-13(16)15(18)9-11-6-7-12-10-21-17(19)14(12)8-11/h2-8,19H,9-10H2,1H3. The molecule has 2 aromatic rings. The Balaban J connectivity index is 1.84. The fourth-order valence-corrected chi connectivity index (χ4v) is 2.53. The summed E-state index contributed by atoms with van der Waals surface area (Å²) in [6.07, 6.45) is 0.264. The maximum atomic E-state index is 12.4. The number of hydrogen-bond donors (Lipinski definition) is 1. The van der Waals surface area contributed by atoms with Gasteiger partial charge in [0.05, 0.1) is 19.3 Å². The molecule has 5 heteroatoms. The first-order chi connectivity index (χ1) is 10.2. The number of benzene rings is 2. The molecule has 0 amide bonds. The van der Waals surface area contributed by atoms with E-state index in [4.69, 9.17) is 9.39 Å². The summed E-state index contributed by atoms with van der Waals surface area (Å²) in [7, 11) is 0.663. The smallest absolute Gasteiger partial charge is 0.491 e. The van der Waals surface area contributed by atoms with E-state index in [0.29, 0.717) is 17.9 Å². The van der Waals surface area contributed by atoms with E-state index in [-0.39, 0.29) is 12.2 Å².